The maximum Gasteiger partial charge on any atom is 0.178 e. The molecular formula is C29H42O5S. The van der Waals surface area contributed by atoms with Crippen LogP contribution in [0.5, 0.6) is 0 Å². The first kappa shape index (κ1) is 25.6. The van der Waals surface area contributed by atoms with Gasteiger partial charge in [0.15, 0.2) is 5.78 Å². The third-order valence-electron chi connectivity index (χ3n) is 10.8. The molecule has 0 amide bonds. The largest absolute Gasteiger partial charge is 0.390 e. The normalized spacial score (nSPS) is 43.6. The van der Waals surface area contributed by atoms with E-state index in [0.717, 1.165) is 44.1 Å². The van der Waals surface area contributed by atoms with E-state index in [2.05, 4.69) is 19.9 Å². The number of aryl methyl sites for hydroxylation is 1. The first-order chi connectivity index (χ1) is 16.6. The van der Waals surface area contributed by atoms with Gasteiger partial charge in [-0.2, -0.15) is 0 Å². The fourth-order valence-electron chi connectivity index (χ4n) is 8.74. The van der Waals surface area contributed by atoms with Crippen molar-refractivity contribution in [1.82, 2.24) is 0 Å². The van der Waals surface area contributed by atoms with Gasteiger partial charge in [0, 0.05) is 12.5 Å². The third-order valence-corrected chi connectivity index (χ3v) is 11.9. The topological polar surface area (TPSA) is 76.0 Å². The van der Waals surface area contributed by atoms with Gasteiger partial charge in [0.1, 0.15) is 12.4 Å². The van der Waals surface area contributed by atoms with Gasteiger partial charge >= 0.3 is 0 Å². The number of ketones is 1. The molecule has 0 aliphatic heterocycles. The van der Waals surface area contributed by atoms with Crippen molar-refractivity contribution in [3.63, 3.8) is 0 Å². The Labute approximate surface area is 213 Å². The number of carbonyl (C=O) groups excluding carboxylic acids is 1. The fraction of sp³-hybridized carbons (Fsp3) is 0.759. The van der Waals surface area contributed by atoms with Gasteiger partial charge in [-0.05, 0) is 92.0 Å². The average molecular weight is 503 g/mol. The van der Waals surface area contributed by atoms with E-state index in [4.69, 9.17) is 9.47 Å². The molecule has 5 nitrogen and oxygen atoms in total. The number of carbonyl (C=O) groups is 1. The number of allylic oxidation sites excluding steroid dienone is 1. The molecule has 1 aromatic heterocycles. The molecule has 35 heavy (non-hydrogen) atoms. The zero-order chi connectivity index (χ0) is 25.2. The SMILES string of the molecule is COCO[C@H]1CC[C@@]2(C)C(=CC[C@@H]3[C@@H]2CC[C@@]2(C)[C@H]3C[C@H](O)[C@]2(O)[C@H](C)C(=O)c2cc(C)cs2)C1. The average Bonchev–Trinajstić information content (AvgIpc) is 3.36. The highest BCUT2D eigenvalue weighted by molar-refractivity contribution is 7.12. The molecule has 0 aromatic carbocycles. The van der Waals surface area contributed by atoms with Gasteiger partial charge in [-0.3, -0.25) is 4.79 Å². The molecule has 0 unspecified atom stereocenters. The minimum atomic E-state index is -1.41. The summed E-state index contributed by atoms with van der Waals surface area (Å²) in [6, 6.07) is 1.91. The number of hydrogen-bond acceptors (Lipinski definition) is 6. The Morgan fingerprint density at radius 3 is 2.71 bits per heavy atom. The fourth-order valence-corrected chi connectivity index (χ4v) is 9.67. The predicted molar refractivity (Wildman–Crippen MR) is 137 cm³/mol. The second kappa shape index (κ2) is 9.05. The predicted octanol–water partition coefficient (Wildman–Crippen LogP) is 5.53. The highest BCUT2D eigenvalue weighted by Gasteiger charge is 2.69. The molecule has 1 aromatic rings. The number of aliphatic hydroxyl groups excluding tert-OH is 1. The van der Waals surface area contributed by atoms with Gasteiger partial charge in [0.25, 0.3) is 0 Å². The third kappa shape index (κ3) is 3.73. The Balaban J connectivity index is 1.41. The Morgan fingerprint density at radius 2 is 2.03 bits per heavy atom. The van der Waals surface area contributed by atoms with Crippen LogP contribution in [-0.2, 0) is 9.47 Å². The van der Waals surface area contributed by atoms with E-state index in [9.17, 15) is 15.0 Å². The van der Waals surface area contributed by atoms with Crippen LogP contribution in [0.2, 0.25) is 0 Å². The Hall–Kier alpha value is -1.05. The van der Waals surface area contributed by atoms with E-state index in [0.29, 0.717) is 29.9 Å². The Morgan fingerprint density at radius 1 is 1.26 bits per heavy atom. The van der Waals surface area contributed by atoms with Crippen LogP contribution in [0.4, 0.5) is 0 Å². The van der Waals surface area contributed by atoms with E-state index >= 15 is 0 Å². The second-order valence-corrected chi connectivity index (χ2v) is 13.2. The zero-order valence-electron chi connectivity index (χ0n) is 21.9. The molecule has 194 valence electrons. The molecule has 4 aliphatic rings. The number of methoxy groups -OCH3 is 1. The van der Waals surface area contributed by atoms with Crippen LogP contribution in [0.3, 0.4) is 0 Å². The molecule has 9 atom stereocenters. The molecule has 0 bridgehead atoms. The van der Waals surface area contributed by atoms with Gasteiger partial charge in [-0.1, -0.05) is 32.4 Å². The van der Waals surface area contributed by atoms with E-state index in [1.165, 1.54) is 16.9 Å². The summed E-state index contributed by atoms with van der Waals surface area (Å²) in [5.74, 6) is 0.499. The standard InChI is InChI=1S/C29H42O5S/c1-17-12-24(35-15-17)26(31)18(2)29(32)25(30)14-23-21-7-6-19-13-20(34-16-33-5)8-10-27(19,3)22(21)9-11-28(23,29)4/h6,12,15,18,20-23,25,30,32H,7-11,13-14,16H2,1-5H3/t18-,20+,21-,22+,23+,25+,27+,28+,29-/m1/s1. The first-order valence-electron chi connectivity index (χ1n) is 13.4. The molecule has 0 radical (unpaired) electrons. The number of rotatable bonds is 6. The quantitative estimate of drug-likeness (QED) is 0.304. The summed E-state index contributed by atoms with van der Waals surface area (Å²) >= 11 is 1.44. The van der Waals surface area contributed by atoms with E-state index in [1.54, 1.807) is 7.11 Å². The van der Waals surface area contributed by atoms with Crippen molar-refractivity contribution in [2.45, 2.75) is 90.4 Å². The molecule has 0 saturated heterocycles. The molecule has 0 spiro atoms. The highest BCUT2D eigenvalue weighted by atomic mass is 32.1. The summed E-state index contributed by atoms with van der Waals surface area (Å²) in [5.41, 5.74) is 0.858. The summed E-state index contributed by atoms with van der Waals surface area (Å²) < 4.78 is 11.0. The number of aliphatic hydroxyl groups is 2. The van der Waals surface area contributed by atoms with E-state index < -0.39 is 23.0 Å². The smallest absolute Gasteiger partial charge is 0.178 e. The lowest BCUT2D eigenvalue weighted by Crippen LogP contribution is -2.60. The van der Waals surface area contributed by atoms with Crippen LogP contribution in [0.25, 0.3) is 0 Å². The highest BCUT2D eigenvalue weighted by Crippen LogP contribution is 2.68. The number of fused-ring (bicyclic) bond motifs is 5. The summed E-state index contributed by atoms with van der Waals surface area (Å²) in [4.78, 5) is 14.1. The molecule has 2 N–H and O–H groups in total. The van der Waals surface area contributed by atoms with Crippen molar-refractivity contribution in [2.24, 2.45) is 34.5 Å². The number of thiophene rings is 1. The first-order valence-corrected chi connectivity index (χ1v) is 14.2. The van der Waals surface area contributed by atoms with Crippen LogP contribution in [0.1, 0.15) is 81.0 Å². The Bertz CT molecular complexity index is 1000. The molecular weight excluding hydrogens is 460 g/mol. The summed E-state index contributed by atoms with van der Waals surface area (Å²) in [6.45, 7) is 8.76. The number of Topliss-reactive ketones (excluding diaryl/α,β-unsaturated/α-hetero) is 1. The van der Waals surface area contributed by atoms with Gasteiger partial charge in [0.2, 0.25) is 0 Å². The maximum atomic E-state index is 13.4. The van der Waals surface area contributed by atoms with Crippen molar-refractivity contribution < 1.29 is 24.5 Å². The van der Waals surface area contributed by atoms with E-state index in [-0.39, 0.29) is 23.2 Å². The minimum absolute atomic E-state index is 0.0409. The zero-order valence-corrected chi connectivity index (χ0v) is 22.7. The van der Waals surface area contributed by atoms with Gasteiger partial charge in [0.05, 0.1) is 23.0 Å². The summed E-state index contributed by atoms with van der Waals surface area (Å²) in [6.07, 6.45) is 8.36. The van der Waals surface area contributed by atoms with Crippen molar-refractivity contribution in [3.8, 4) is 0 Å². The molecule has 3 fully saturated rings. The number of hydrogen-bond donors (Lipinski definition) is 2. The summed E-state index contributed by atoms with van der Waals surface area (Å²) in [5, 5.41) is 25.6. The van der Waals surface area contributed by atoms with Gasteiger partial charge in [-0.25, -0.2) is 0 Å². The van der Waals surface area contributed by atoms with Crippen molar-refractivity contribution >= 4 is 17.1 Å². The molecule has 6 heteroatoms. The summed E-state index contributed by atoms with van der Waals surface area (Å²) in [7, 11) is 1.67. The van der Waals surface area contributed by atoms with Crippen LogP contribution in [0, 0.1) is 41.4 Å². The van der Waals surface area contributed by atoms with Crippen LogP contribution < -0.4 is 0 Å². The van der Waals surface area contributed by atoms with Crippen LogP contribution in [0.15, 0.2) is 23.1 Å². The molecule has 4 aliphatic carbocycles. The van der Waals surface area contributed by atoms with Gasteiger partial charge < -0.3 is 19.7 Å². The molecule has 5 rings (SSSR count). The molecule has 3 saturated carbocycles. The monoisotopic (exact) mass is 502 g/mol. The Kier molecular flexibility index (Phi) is 6.62. The second-order valence-electron chi connectivity index (χ2n) is 12.3. The van der Waals surface area contributed by atoms with Gasteiger partial charge in [-0.15, -0.1) is 11.3 Å². The lowest BCUT2D eigenvalue weighted by Gasteiger charge is -2.59. The van der Waals surface area contributed by atoms with Crippen LogP contribution in [-0.4, -0.2) is 47.7 Å². The molecule has 1 heterocycles. The number of ether oxygens (including phenoxy) is 2. The lowest BCUT2D eigenvalue weighted by molar-refractivity contribution is -0.171. The van der Waals surface area contributed by atoms with E-state index in [1.807, 2.05) is 25.3 Å². The van der Waals surface area contributed by atoms with Crippen LogP contribution >= 0.6 is 11.3 Å². The van der Waals surface area contributed by atoms with Crippen molar-refractivity contribution in [2.75, 3.05) is 13.9 Å². The minimum Gasteiger partial charge on any atom is -0.390 e. The van der Waals surface area contributed by atoms with Crippen molar-refractivity contribution in [1.29, 1.82) is 0 Å². The lowest BCUT2D eigenvalue weighted by atomic mass is 9.46. The van der Waals surface area contributed by atoms with Crippen molar-refractivity contribution in [3.05, 3.63) is 33.5 Å². The maximum absolute atomic E-state index is 13.4.